The second-order valence-electron chi connectivity index (χ2n) is 3.86. The van der Waals surface area contributed by atoms with Gasteiger partial charge in [0.25, 0.3) is 0 Å². The number of hydrogen-bond acceptors (Lipinski definition) is 4. The van der Waals surface area contributed by atoms with Gasteiger partial charge in [-0.05, 0) is 12.8 Å². The van der Waals surface area contributed by atoms with Crippen molar-refractivity contribution < 1.29 is 14.7 Å². The van der Waals surface area contributed by atoms with Gasteiger partial charge in [-0.15, -0.1) is 11.3 Å². The van der Waals surface area contributed by atoms with Crippen molar-refractivity contribution in [2.45, 2.75) is 25.3 Å². The molecule has 2 amide bonds. The van der Waals surface area contributed by atoms with Crippen molar-refractivity contribution >= 4 is 23.3 Å². The van der Waals surface area contributed by atoms with Gasteiger partial charge in [0, 0.05) is 24.4 Å². The molecule has 1 aliphatic rings. The predicted octanol–water partition coefficient (Wildman–Crippen LogP) is 0.845. The Morgan fingerprint density at radius 2 is 2.29 bits per heavy atom. The molecule has 3 N–H and O–H groups in total. The van der Waals surface area contributed by atoms with Crippen LogP contribution in [0, 0.1) is 0 Å². The molecule has 0 bridgehead atoms. The van der Waals surface area contributed by atoms with Gasteiger partial charge in [0.15, 0.2) is 5.69 Å². The number of amides is 2. The lowest BCUT2D eigenvalue weighted by molar-refractivity contribution is 0.0691. The van der Waals surface area contributed by atoms with Crippen molar-refractivity contribution in [2.75, 3.05) is 6.54 Å². The first-order chi connectivity index (χ1) is 8.15. The number of carboxylic acids is 1. The topological polar surface area (TPSA) is 91.3 Å². The molecule has 1 fully saturated rings. The van der Waals surface area contributed by atoms with Gasteiger partial charge in [-0.1, -0.05) is 0 Å². The van der Waals surface area contributed by atoms with Gasteiger partial charge >= 0.3 is 12.0 Å². The molecule has 7 heteroatoms. The van der Waals surface area contributed by atoms with E-state index in [1.165, 1.54) is 16.7 Å². The van der Waals surface area contributed by atoms with Gasteiger partial charge in [0.05, 0.1) is 5.01 Å². The standard InChI is InChI=1S/C10H13N3O3S/c14-9(15)7-5-17-8(13-7)3-4-11-10(16)12-6-1-2-6/h5-6H,1-4H2,(H,14,15)(H2,11,12,16). The number of carbonyl (C=O) groups is 2. The SMILES string of the molecule is O=C(NCCc1nc(C(=O)O)cs1)NC1CC1. The second kappa shape index (κ2) is 5.13. The van der Waals surface area contributed by atoms with E-state index in [4.69, 9.17) is 5.11 Å². The van der Waals surface area contributed by atoms with Gasteiger partial charge < -0.3 is 15.7 Å². The monoisotopic (exact) mass is 255 g/mol. The largest absolute Gasteiger partial charge is 0.476 e. The molecule has 1 aromatic heterocycles. The van der Waals surface area contributed by atoms with Gasteiger partial charge in [-0.25, -0.2) is 14.6 Å². The van der Waals surface area contributed by atoms with Crippen LogP contribution in [-0.4, -0.2) is 34.7 Å². The third-order valence-electron chi connectivity index (χ3n) is 2.31. The third-order valence-corrected chi connectivity index (χ3v) is 3.22. The maximum absolute atomic E-state index is 11.3. The lowest BCUT2D eigenvalue weighted by atomic mass is 10.4. The Morgan fingerprint density at radius 1 is 1.53 bits per heavy atom. The van der Waals surface area contributed by atoms with Crippen LogP contribution in [0.5, 0.6) is 0 Å². The Kier molecular flexibility index (Phi) is 3.58. The van der Waals surface area contributed by atoms with Gasteiger partial charge in [-0.3, -0.25) is 0 Å². The fourth-order valence-electron chi connectivity index (χ4n) is 1.27. The first kappa shape index (κ1) is 11.8. The van der Waals surface area contributed by atoms with Crippen LogP contribution in [0.3, 0.4) is 0 Å². The number of carboxylic acid groups (broad SMARTS) is 1. The van der Waals surface area contributed by atoms with Crippen LogP contribution in [0.2, 0.25) is 0 Å². The molecule has 0 spiro atoms. The number of rotatable bonds is 5. The Bertz CT molecular complexity index is 428. The summed E-state index contributed by atoms with van der Waals surface area (Å²) in [5.74, 6) is -1.02. The van der Waals surface area contributed by atoms with Gasteiger partial charge in [0.2, 0.25) is 0 Å². The van der Waals surface area contributed by atoms with E-state index in [2.05, 4.69) is 15.6 Å². The Hall–Kier alpha value is -1.63. The van der Waals surface area contributed by atoms with E-state index in [0.717, 1.165) is 12.8 Å². The molecule has 0 aromatic carbocycles. The van der Waals surface area contributed by atoms with Crippen LogP contribution >= 0.6 is 11.3 Å². The third kappa shape index (κ3) is 3.70. The lowest BCUT2D eigenvalue weighted by Gasteiger charge is -2.04. The van der Waals surface area contributed by atoms with Crippen LogP contribution < -0.4 is 10.6 Å². The number of urea groups is 1. The van der Waals surface area contributed by atoms with Crippen LogP contribution in [-0.2, 0) is 6.42 Å². The van der Waals surface area contributed by atoms with Crippen molar-refractivity contribution in [3.8, 4) is 0 Å². The summed E-state index contributed by atoms with van der Waals surface area (Å²) in [7, 11) is 0. The molecule has 0 radical (unpaired) electrons. The molecular formula is C10H13N3O3S. The Morgan fingerprint density at radius 3 is 2.88 bits per heavy atom. The average Bonchev–Trinajstić information content (AvgIpc) is 2.94. The summed E-state index contributed by atoms with van der Waals surface area (Å²) in [4.78, 5) is 25.8. The molecule has 1 saturated carbocycles. The predicted molar refractivity (Wildman–Crippen MR) is 62.3 cm³/mol. The molecule has 92 valence electrons. The second-order valence-corrected chi connectivity index (χ2v) is 4.80. The van der Waals surface area contributed by atoms with E-state index in [1.54, 1.807) is 0 Å². The number of aromatic nitrogens is 1. The van der Waals surface area contributed by atoms with Crippen molar-refractivity contribution in [3.63, 3.8) is 0 Å². The highest BCUT2D eigenvalue weighted by Gasteiger charge is 2.22. The highest BCUT2D eigenvalue weighted by atomic mass is 32.1. The number of thiazole rings is 1. The summed E-state index contributed by atoms with van der Waals surface area (Å²) < 4.78 is 0. The van der Waals surface area contributed by atoms with E-state index in [-0.39, 0.29) is 11.7 Å². The maximum atomic E-state index is 11.3. The minimum atomic E-state index is -1.02. The highest BCUT2D eigenvalue weighted by molar-refractivity contribution is 7.09. The fraction of sp³-hybridized carbons (Fsp3) is 0.500. The number of nitrogens with one attached hydrogen (secondary N) is 2. The molecule has 0 unspecified atom stereocenters. The van der Waals surface area contributed by atoms with E-state index < -0.39 is 5.97 Å². The molecule has 6 nitrogen and oxygen atoms in total. The normalized spacial score (nSPS) is 14.4. The summed E-state index contributed by atoms with van der Waals surface area (Å²) in [6.45, 7) is 0.463. The Labute approximate surface area is 102 Å². The minimum Gasteiger partial charge on any atom is -0.476 e. The smallest absolute Gasteiger partial charge is 0.355 e. The molecule has 0 atom stereocenters. The summed E-state index contributed by atoms with van der Waals surface area (Å²) in [5.41, 5.74) is 0.0624. The molecule has 1 heterocycles. The summed E-state index contributed by atoms with van der Waals surface area (Å²) in [6, 6.07) is 0.177. The van der Waals surface area contributed by atoms with Gasteiger partial charge in [-0.2, -0.15) is 0 Å². The fourth-order valence-corrected chi connectivity index (χ4v) is 2.04. The van der Waals surface area contributed by atoms with Crippen LogP contribution in [0.15, 0.2) is 5.38 Å². The Balaban J connectivity index is 1.69. The van der Waals surface area contributed by atoms with Gasteiger partial charge in [0.1, 0.15) is 0 Å². The molecule has 1 aromatic rings. The average molecular weight is 255 g/mol. The first-order valence-electron chi connectivity index (χ1n) is 5.37. The number of hydrogen-bond donors (Lipinski definition) is 3. The molecule has 1 aliphatic carbocycles. The maximum Gasteiger partial charge on any atom is 0.355 e. The quantitative estimate of drug-likeness (QED) is 0.727. The van der Waals surface area contributed by atoms with Crippen molar-refractivity contribution in [2.24, 2.45) is 0 Å². The van der Waals surface area contributed by atoms with Crippen LogP contribution in [0.4, 0.5) is 4.79 Å². The number of aromatic carboxylic acids is 1. The zero-order valence-corrected chi connectivity index (χ0v) is 9.92. The number of carbonyl (C=O) groups excluding carboxylic acids is 1. The molecule has 0 saturated heterocycles. The molecular weight excluding hydrogens is 242 g/mol. The first-order valence-corrected chi connectivity index (χ1v) is 6.25. The summed E-state index contributed by atoms with van der Waals surface area (Å²) in [5, 5.41) is 16.4. The van der Waals surface area contributed by atoms with Crippen molar-refractivity contribution in [1.29, 1.82) is 0 Å². The lowest BCUT2D eigenvalue weighted by Crippen LogP contribution is -2.37. The molecule has 0 aliphatic heterocycles. The number of nitrogens with zero attached hydrogens (tertiary/aromatic N) is 1. The highest BCUT2D eigenvalue weighted by Crippen LogP contribution is 2.18. The van der Waals surface area contributed by atoms with E-state index in [1.807, 2.05) is 0 Å². The summed E-state index contributed by atoms with van der Waals surface area (Å²) >= 11 is 1.29. The molecule has 2 rings (SSSR count). The minimum absolute atomic E-state index is 0.0624. The van der Waals surface area contributed by atoms with Crippen molar-refractivity contribution in [3.05, 3.63) is 16.1 Å². The molecule has 17 heavy (non-hydrogen) atoms. The zero-order chi connectivity index (χ0) is 12.3. The van der Waals surface area contributed by atoms with E-state index >= 15 is 0 Å². The van der Waals surface area contributed by atoms with Crippen LogP contribution in [0.1, 0.15) is 28.3 Å². The van der Waals surface area contributed by atoms with Crippen LogP contribution in [0.25, 0.3) is 0 Å². The van der Waals surface area contributed by atoms with E-state index in [9.17, 15) is 9.59 Å². The summed E-state index contributed by atoms with van der Waals surface area (Å²) in [6.07, 6.45) is 2.67. The van der Waals surface area contributed by atoms with E-state index in [0.29, 0.717) is 24.0 Å². The van der Waals surface area contributed by atoms with Crippen molar-refractivity contribution in [1.82, 2.24) is 15.6 Å². The zero-order valence-electron chi connectivity index (χ0n) is 9.10.